The summed E-state index contributed by atoms with van der Waals surface area (Å²) < 4.78 is 11.6. The monoisotopic (exact) mass is 473 g/mol. The van der Waals surface area contributed by atoms with Crippen LogP contribution in [0.4, 0.5) is 0 Å². The van der Waals surface area contributed by atoms with Crippen LogP contribution in [0.15, 0.2) is 23.2 Å². The number of halogens is 1. The fourth-order valence-corrected chi connectivity index (χ4v) is 4.24. The molecule has 0 aromatic heterocycles. The summed E-state index contributed by atoms with van der Waals surface area (Å²) >= 11 is 0. The van der Waals surface area contributed by atoms with Crippen LogP contribution in [-0.2, 0) is 11.3 Å². The van der Waals surface area contributed by atoms with Crippen molar-refractivity contribution in [3.8, 4) is 5.75 Å². The highest BCUT2D eigenvalue weighted by atomic mass is 127. The first-order valence-electron chi connectivity index (χ1n) is 9.28. The summed E-state index contributed by atoms with van der Waals surface area (Å²) in [6.45, 7) is 10.9. The molecule has 6 heteroatoms. The Labute approximate surface area is 174 Å². The van der Waals surface area contributed by atoms with E-state index in [9.17, 15) is 0 Å². The molecule has 5 nitrogen and oxygen atoms in total. The molecular formula is C20H32IN3O2. The lowest BCUT2D eigenvalue weighted by molar-refractivity contribution is -0.106. The van der Waals surface area contributed by atoms with Gasteiger partial charge in [0.2, 0.25) is 0 Å². The number of ether oxygens (including phenoxy) is 2. The summed E-state index contributed by atoms with van der Waals surface area (Å²) in [5.74, 6) is 2.37. The Morgan fingerprint density at radius 3 is 2.85 bits per heavy atom. The average Bonchev–Trinajstić information content (AvgIpc) is 3.04. The molecule has 1 heterocycles. The highest BCUT2D eigenvalue weighted by molar-refractivity contribution is 14.0. The summed E-state index contributed by atoms with van der Waals surface area (Å²) in [7, 11) is 1.82. The smallest absolute Gasteiger partial charge is 0.191 e. The van der Waals surface area contributed by atoms with Gasteiger partial charge in [0.25, 0.3) is 0 Å². The zero-order valence-corrected chi connectivity index (χ0v) is 18.8. The zero-order valence-electron chi connectivity index (χ0n) is 16.5. The summed E-state index contributed by atoms with van der Waals surface area (Å²) in [4.78, 5) is 4.41. The predicted octanol–water partition coefficient (Wildman–Crippen LogP) is 3.49. The number of hydrogen-bond donors (Lipinski definition) is 2. The largest absolute Gasteiger partial charge is 0.494 e. The van der Waals surface area contributed by atoms with E-state index in [2.05, 4.69) is 54.6 Å². The number of hydrogen-bond acceptors (Lipinski definition) is 3. The van der Waals surface area contributed by atoms with Gasteiger partial charge in [-0.1, -0.05) is 26.0 Å². The Kier molecular flexibility index (Phi) is 7.19. The third kappa shape index (κ3) is 4.11. The molecule has 1 aliphatic heterocycles. The third-order valence-electron chi connectivity index (χ3n) is 5.59. The van der Waals surface area contributed by atoms with E-state index < -0.39 is 0 Å². The Morgan fingerprint density at radius 2 is 2.15 bits per heavy atom. The number of fused-ring (bicyclic) bond motifs is 1. The van der Waals surface area contributed by atoms with E-state index in [0.717, 1.165) is 30.3 Å². The molecule has 3 atom stereocenters. The molecule has 0 amide bonds. The van der Waals surface area contributed by atoms with Crippen molar-refractivity contribution in [2.45, 2.75) is 52.8 Å². The van der Waals surface area contributed by atoms with Crippen molar-refractivity contribution in [2.24, 2.45) is 16.3 Å². The van der Waals surface area contributed by atoms with E-state index in [0.29, 0.717) is 31.2 Å². The van der Waals surface area contributed by atoms with Gasteiger partial charge in [-0.25, -0.2) is 0 Å². The second-order valence-electron chi connectivity index (χ2n) is 7.66. The van der Waals surface area contributed by atoms with Gasteiger partial charge in [0, 0.05) is 43.1 Å². The fraction of sp³-hybridized carbons (Fsp3) is 0.650. The number of rotatable bonds is 5. The highest BCUT2D eigenvalue weighted by Gasteiger charge is 2.59. The van der Waals surface area contributed by atoms with Crippen LogP contribution in [0.2, 0.25) is 0 Å². The van der Waals surface area contributed by atoms with Gasteiger partial charge in [0.1, 0.15) is 5.75 Å². The Hall–Kier alpha value is -1.02. The Morgan fingerprint density at radius 1 is 1.38 bits per heavy atom. The standard InChI is InChI=1S/C20H31N3O2.HI/c1-6-24-16-11-13(2)7-8-14(16)12-22-19(21-5)23-17-15-9-10-25-18(15)20(17,3)4;/h7-8,11,15,17-18H,6,9-10,12H2,1-5H3,(H2,21,22,23);1H. The van der Waals surface area contributed by atoms with Crippen molar-refractivity contribution in [1.82, 2.24) is 10.6 Å². The topological polar surface area (TPSA) is 54.9 Å². The van der Waals surface area contributed by atoms with Gasteiger partial charge in [-0.2, -0.15) is 0 Å². The molecule has 0 spiro atoms. The van der Waals surface area contributed by atoms with Crippen LogP contribution in [0.5, 0.6) is 5.75 Å². The fourth-order valence-electron chi connectivity index (χ4n) is 4.24. The molecule has 1 saturated heterocycles. The minimum absolute atomic E-state index is 0. The molecule has 1 aliphatic carbocycles. The van der Waals surface area contributed by atoms with Crippen molar-refractivity contribution >= 4 is 29.9 Å². The van der Waals surface area contributed by atoms with E-state index in [1.54, 1.807) is 0 Å². The van der Waals surface area contributed by atoms with Gasteiger partial charge in [-0.05, 0) is 31.9 Å². The van der Waals surface area contributed by atoms with E-state index in [1.165, 1.54) is 5.56 Å². The van der Waals surface area contributed by atoms with Gasteiger partial charge in [0.05, 0.1) is 12.7 Å². The second kappa shape index (κ2) is 8.78. The molecule has 0 radical (unpaired) electrons. The van der Waals surface area contributed by atoms with Crippen LogP contribution in [0.3, 0.4) is 0 Å². The molecule has 0 bridgehead atoms. The first-order chi connectivity index (χ1) is 12.0. The molecule has 3 rings (SSSR count). The molecule has 2 fully saturated rings. The molecule has 26 heavy (non-hydrogen) atoms. The van der Waals surface area contributed by atoms with Gasteiger partial charge >= 0.3 is 0 Å². The van der Waals surface area contributed by atoms with Crippen LogP contribution < -0.4 is 15.4 Å². The van der Waals surface area contributed by atoms with Crippen LogP contribution >= 0.6 is 24.0 Å². The van der Waals surface area contributed by atoms with Gasteiger partial charge in [-0.15, -0.1) is 24.0 Å². The van der Waals surface area contributed by atoms with Crippen LogP contribution in [0.1, 0.15) is 38.3 Å². The number of guanidine groups is 1. The maximum absolute atomic E-state index is 5.88. The number of aliphatic imine (C=N–C) groups is 1. The Balaban J connectivity index is 0.00000243. The predicted molar refractivity (Wildman–Crippen MR) is 117 cm³/mol. The van der Waals surface area contributed by atoms with Crippen molar-refractivity contribution in [3.05, 3.63) is 29.3 Å². The molecule has 2 N–H and O–H groups in total. The molecule has 1 aromatic carbocycles. The minimum atomic E-state index is 0. The number of nitrogens with one attached hydrogen (secondary N) is 2. The second-order valence-corrected chi connectivity index (χ2v) is 7.66. The summed E-state index contributed by atoms with van der Waals surface area (Å²) in [5.41, 5.74) is 2.49. The van der Waals surface area contributed by atoms with Crippen LogP contribution in [0, 0.1) is 18.3 Å². The summed E-state index contributed by atoms with van der Waals surface area (Å²) in [6.07, 6.45) is 1.51. The SMILES string of the molecule is CCOc1cc(C)ccc1CNC(=NC)NC1C2CCOC2C1(C)C.I. The lowest BCUT2D eigenvalue weighted by Gasteiger charge is -2.54. The molecule has 2 aliphatic rings. The zero-order chi connectivity index (χ0) is 18.0. The number of aryl methyl sites for hydroxylation is 1. The lowest BCUT2D eigenvalue weighted by Crippen LogP contribution is -2.67. The van der Waals surface area contributed by atoms with Gasteiger partial charge in [0.15, 0.2) is 5.96 Å². The van der Waals surface area contributed by atoms with E-state index >= 15 is 0 Å². The summed E-state index contributed by atoms with van der Waals surface area (Å²) in [6, 6.07) is 6.72. The maximum Gasteiger partial charge on any atom is 0.191 e. The number of benzene rings is 1. The van der Waals surface area contributed by atoms with Crippen molar-refractivity contribution < 1.29 is 9.47 Å². The molecule has 1 aromatic rings. The number of nitrogens with zero attached hydrogens (tertiary/aromatic N) is 1. The first kappa shape index (κ1) is 21.3. The third-order valence-corrected chi connectivity index (χ3v) is 5.59. The van der Waals surface area contributed by atoms with Crippen LogP contribution in [-0.4, -0.2) is 38.4 Å². The molecular weight excluding hydrogens is 441 g/mol. The van der Waals surface area contributed by atoms with Gasteiger partial charge < -0.3 is 20.1 Å². The summed E-state index contributed by atoms with van der Waals surface area (Å²) in [5, 5.41) is 7.05. The van der Waals surface area contributed by atoms with Crippen molar-refractivity contribution in [3.63, 3.8) is 0 Å². The molecule has 146 valence electrons. The van der Waals surface area contributed by atoms with E-state index in [1.807, 2.05) is 14.0 Å². The average molecular weight is 473 g/mol. The first-order valence-corrected chi connectivity index (χ1v) is 9.28. The normalized spacial score (nSPS) is 26.3. The molecule has 3 unspecified atom stereocenters. The van der Waals surface area contributed by atoms with E-state index in [-0.39, 0.29) is 29.4 Å². The minimum Gasteiger partial charge on any atom is -0.494 e. The maximum atomic E-state index is 5.88. The highest BCUT2D eigenvalue weighted by Crippen LogP contribution is 2.52. The van der Waals surface area contributed by atoms with Crippen molar-refractivity contribution in [1.29, 1.82) is 0 Å². The lowest BCUT2D eigenvalue weighted by atomic mass is 9.57. The molecule has 1 saturated carbocycles. The van der Waals surface area contributed by atoms with E-state index in [4.69, 9.17) is 9.47 Å². The van der Waals surface area contributed by atoms with Crippen molar-refractivity contribution in [2.75, 3.05) is 20.3 Å². The van der Waals surface area contributed by atoms with Gasteiger partial charge in [-0.3, -0.25) is 4.99 Å². The van der Waals surface area contributed by atoms with Crippen LogP contribution in [0.25, 0.3) is 0 Å². The Bertz CT molecular complexity index is 648. The quantitative estimate of drug-likeness (QED) is 0.391.